The number of aliphatic carboxylic acids is 1. The number of carboxylic acid groups (broad SMARTS) is 1. The van der Waals surface area contributed by atoms with Crippen molar-refractivity contribution < 1.29 is 14.7 Å². The number of likely N-dealkylation sites (tertiary alicyclic amines) is 1. The zero-order valence-corrected chi connectivity index (χ0v) is 10.4. The molecular weight excluding hydrogens is 228 g/mol. The molecule has 5 nitrogen and oxygen atoms in total. The second-order valence-electron chi connectivity index (χ2n) is 3.89. The number of amides is 2. The van der Waals surface area contributed by atoms with Crippen LogP contribution in [-0.2, 0) is 4.79 Å². The first-order valence-corrected chi connectivity index (χ1v) is 6.73. The fourth-order valence-electron chi connectivity index (χ4n) is 1.92. The fraction of sp³-hybridized carbons (Fsp3) is 0.800. The van der Waals surface area contributed by atoms with Crippen molar-refractivity contribution in [3.05, 3.63) is 0 Å². The maximum Gasteiger partial charge on any atom is 0.317 e. The number of thioether (sulfide) groups is 1. The maximum atomic E-state index is 11.7. The van der Waals surface area contributed by atoms with Crippen molar-refractivity contribution in [2.75, 3.05) is 25.1 Å². The summed E-state index contributed by atoms with van der Waals surface area (Å²) >= 11 is 1.67. The molecule has 1 saturated heterocycles. The van der Waals surface area contributed by atoms with Crippen LogP contribution in [0.2, 0.25) is 0 Å². The molecule has 0 aromatic heterocycles. The van der Waals surface area contributed by atoms with E-state index in [1.54, 1.807) is 23.6 Å². The van der Waals surface area contributed by atoms with Crippen LogP contribution in [0.4, 0.5) is 4.79 Å². The largest absolute Gasteiger partial charge is 0.481 e. The molecule has 2 unspecified atom stereocenters. The maximum absolute atomic E-state index is 11.7. The molecule has 0 spiro atoms. The molecule has 1 fully saturated rings. The number of nitrogens with one attached hydrogen (secondary N) is 1. The minimum Gasteiger partial charge on any atom is -0.481 e. The molecule has 0 saturated carbocycles. The fourth-order valence-corrected chi connectivity index (χ4v) is 2.22. The van der Waals surface area contributed by atoms with Crippen molar-refractivity contribution in [1.82, 2.24) is 10.2 Å². The van der Waals surface area contributed by atoms with Crippen molar-refractivity contribution in [2.24, 2.45) is 5.92 Å². The third-order valence-corrected chi connectivity index (χ3v) is 3.53. The Labute approximate surface area is 99.6 Å². The van der Waals surface area contributed by atoms with E-state index in [0.29, 0.717) is 19.5 Å². The molecule has 16 heavy (non-hydrogen) atoms. The van der Waals surface area contributed by atoms with Gasteiger partial charge < -0.3 is 15.3 Å². The van der Waals surface area contributed by atoms with Gasteiger partial charge in [-0.1, -0.05) is 0 Å². The van der Waals surface area contributed by atoms with Crippen LogP contribution in [0.15, 0.2) is 0 Å². The van der Waals surface area contributed by atoms with Crippen molar-refractivity contribution in [2.45, 2.75) is 19.4 Å². The Morgan fingerprint density at radius 2 is 2.25 bits per heavy atom. The predicted molar refractivity (Wildman–Crippen MR) is 63.7 cm³/mol. The van der Waals surface area contributed by atoms with Crippen LogP contribution in [0.1, 0.15) is 13.3 Å². The normalized spacial score (nSPS) is 24.5. The summed E-state index contributed by atoms with van der Waals surface area (Å²) in [5.74, 6) is -0.366. The molecular formula is C10H18N2O3S. The van der Waals surface area contributed by atoms with E-state index in [0.717, 1.165) is 5.75 Å². The summed E-state index contributed by atoms with van der Waals surface area (Å²) in [6.45, 7) is 2.95. The second-order valence-corrected chi connectivity index (χ2v) is 4.88. The summed E-state index contributed by atoms with van der Waals surface area (Å²) in [6.07, 6.45) is 2.53. The zero-order chi connectivity index (χ0) is 12.1. The lowest BCUT2D eigenvalue weighted by Gasteiger charge is -2.23. The number of rotatable bonds is 4. The molecule has 0 radical (unpaired) electrons. The van der Waals surface area contributed by atoms with Gasteiger partial charge in [-0.2, -0.15) is 11.8 Å². The lowest BCUT2D eigenvalue weighted by Crippen LogP contribution is -2.44. The molecule has 0 aromatic carbocycles. The van der Waals surface area contributed by atoms with Gasteiger partial charge in [0.25, 0.3) is 0 Å². The van der Waals surface area contributed by atoms with Gasteiger partial charge in [-0.05, 0) is 19.6 Å². The summed E-state index contributed by atoms with van der Waals surface area (Å²) in [7, 11) is 0. The molecule has 0 aliphatic carbocycles. The van der Waals surface area contributed by atoms with Crippen molar-refractivity contribution >= 4 is 23.8 Å². The highest BCUT2D eigenvalue weighted by molar-refractivity contribution is 7.98. The monoisotopic (exact) mass is 246 g/mol. The molecule has 2 N–H and O–H groups in total. The molecule has 92 valence electrons. The zero-order valence-electron chi connectivity index (χ0n) is 9.60. The second kappa shape index (κ2) is 5.98. The van der Waals surface area contributed by atoms with E-state index in [9.17, 15) is 9.59 Å². The van der Waals surface area contributed by atoms with Crippen LogP contribution >= 0.6 is 11.8 Å². The Bertz CT molecular complexity index is 273. The Hall–Kier alpha value is -0.910. The van der Waals surface area contributed by atoms with E-state index in [1.165, 1.54) is 0 Å². The van der Waals surface area contributed by atoms with Gasteiger partial charge in [0.1, 0.15) is 0 Å². The van der Waals surface area contributed by atoms with Gasteiger partial charge in [-0.15, -0.1) is 0 Å². The topological polar surface area (TPSA) is 69.6 Å². The smallest absolute Gasteiger partial charge is 0.317 e. The lowest BCUT2D eigenvalue weighted by atomic mass is 10.0. The molecule has 1 heterocycles. The number of carbonyl (C=O) groups is 2. The first kappa shape index (κ1) is 13.2. The van der Waals surface area contributed by atoms with Gasteiger partial charge in [-0.25, -0.2) is 4.79 Å². The molecule has 0 bridgehead atoms. The minimum atomic E-state index is -0.813. The van der Waals surface area contributed by atoms with Crippen LogP contribution in [0.5, 0.6) is 0 Å². The highest BCUT2D eigenvalue weighted by Gasteiger charge is 2.37. The third-order valence-electron chi connectivity index (χ3n) is 2.92. The number of nitrogens with zero attached hydrogens (tertiary/aromatic N) is 1. The molecule has 1 aliphatic rings. The standard InChI is InChI=1S/C10H18N2O3S/c1-7-8(9(13)14)3-5-12(7)10(15)11-4-6-16-2/h7-8H,3-6H2,1-2H3,(H,11,15)(H,13,14). The Balaban J connectivity index is 2.43. The number of hydrogen-bond donors (Lipinski definition) is 2. The molecule has 2 atom stereocenters. The average Bonchev–Trinajstić information content (AvgIpc) is 2.60. The van der Waals surface area contributed by atoms with E-state index in [2.05, 4.69) is 5.32 Å². The van der Waals surface area contributed by atoms with Crippen LogP contribution in [-0.4, -0.2) is 53.1 Å². The van der Waals surface area contributed by atoms with Gasteiger partial charge in [0.05, 0.1) is 5.92 Å². The molecule has 6 heteroatoms. The summed E-state index contributed by atoms with van der Waals surface area (Å²) in [6, 6.07) is -0.364. The first-order chi connectivity index (χ1) is 7.57. The van der Waals surface area contributed by atoms with Gasteiger partial charge >= 0.3 is 12.0 Å². The Kier molecular flexibility index (Phi) is 4.92. The lowest BCUT2D eigenvalue weighted by molar-refractivity contribution is -0.142. The quantitative estimate of drug-likeness (QED) is 0.722. The van der Waals surface area contributed by atoms with Gasteiger partial charge in [-0.3, -0.25) is 4.79 Å². The molecule has 2 amide bonds. The summed E-state index contributed by atoms with van der Waals surface area (Å²) in [4.78, 5) is 24.2. The number of urea groups is 1. The van der Waals surface area contributed by atoms with Crippen molar-refractivity contribution in [1.29, 1.82) is 0 Å². The predicted octanol–water partition coefficient (Wildman–Crippen LogP) is 0.854. The van der Waals surface area contributed by atoms with Crippen LogP contribution in [0.3, 0.4) is 0 Å². The van der Waals surface area contributed by atoms with Gasteiger partial charge in [0.15, 0.2) is 0 Å². The summed E-state index contributed by atoms with van der Waals surface area (Å²) in [5, 5.41) is 11.7. The van der Waals surface area contributed by atoms with Crippen molar-refractivity contribution in [3.8, 4) is 0 Å². The Morgan fingerprint density at radius 3 is 2.75 bits per heavy atom. The minimum absolute atomic E-state index is 0.148. The number of carbonyl (C=O) groups excluding carboxylic acids is 1. The highest BCUT2D eigenvalue weighted by Crippen LogP contribution is 2.24. The summed E-state index contributed by atoms with van der Waals surface area (Å²) in [5.41, 5.74) is 0. The average molecular weight is 246 g/mol. The third kappa shape index (κ3) is 3.04. The van der Waals surface area contributed by atoms with E-state index < -0.39 is 11.9 Å². The Morgan fingerprint density at radius 1 is 1.56 bits per heavy atom. The van der Waals surface area contributed by atoms with Crippen LogP contribution in [0.25, 0.3) is 0 Å². The van der Waals surface area contributed by atoms with Crippen LogP contribution in [0, 0.1) is 5.92 Å². The van der Waals surface area contributed by atoms with Crippen LogP contribution < -0.4 is 5.32 Å². The van der Waals surface area contributed by atoms with E-state index >= 15 is 0 Å². The van der Waals surface area contributed by atoms with E-state index in [1.807, 2.05) is 6.26 Å². The SMILES string of the molecule is CSCCNC(=O)N1CCC(C(=O)O)C1C. The molecule has 1 aliphatic heterocycles. The molecule has 0 aromatic rings. The van der Waals surface area contributed by atoms with Gasteiger partial charge in [0.2, 0.25) is 0 Å². The van der Waals surface area contributed by atoms with Crippen molar-refractivity contribution in [3.63, 3.8) is 0 Å². The number of carboxylic acids is 1. The molecule has 1 rings (SSSR count). The van der Waals surface area contributed by atoms with E-state index in [4.69, 9.17) is 5.11 Å². The number of hydrogen-bond acceptors (Lipinski definition) is 3. The highest BCUT2D eigenvalue weighted by atomic mass is 32.2. The summed E-state index contributed by atoms with van der Waals surface area (Å²) < 4.78 is 0. The van der Waals surface area contributed by atoms with Gasteiger partial charge in [0, 0.05) is 24.9 Å². The van der Waals surface area contributed by atoms with E-state index in [-0.39, 0.29) is 12.1 Å². The first-order valence-electron chi connectivity index (χ1n) is 5.34.